The van der Waals surface area contributed by atoms with Crippen LogP contribution >= 0.6 is 11.8 Å². The van der Waals surface area contributed by atoms with Gasteiger partial charge in [0.15, 0.2) is 11.0 Å². The summed E-state index contributed by atoms with van der Waals surface area (Å²) in [6, 6.07) is 34.1. The van der Waals surface area contributed by atoms with Gasteiger partial charge in [0.1, 0.15) is 0 Å². The number of hydrogen-bond donors (Lipinski definition) is 2. The Morgan fingerprint density at radius 1 is 0.865 bits per heavy atom. The summed E-state index contributed by atoms with van der Waals surface area (Å²) in [6.45, 7) is 2.38. The van der Waals surface area contributed by atoms with Crippen molar-refractivity contribution in [1.82, 2.24) is 20.2 Å². The molecule has 1 aromatic heterocycles. The Bertz CT molecular complexity index is 1530. The number of fused-ring (bicyclic) bond motifs is 1. The molecule has 0 atom stereocenters. The number of hydrogen-bond acceptors (Lipinski definition) is 6. The first-order chi connectivity index (χ1) is 18.2. The minimum Gasteiger partial charge on any atom is -0.378 e. The maximum atomic E-state index is 12.6. The van der Waals surface area contributed by atoms with Gasteiger partial charge in [-0.3, -0.25) is 9.36 Å². The van der Waals surface area contributed by atoms with Gasteiger partial charge in [0.05, 0.1) is 18.0 Å². The standard InChI is InChI=1S/C29H26N6OS/c1-21(23-17-16-22-10-8-9-11-24(22)18-23)31-33-28(36)20-37-29-34-32-27(19-30-25-12-4-2-5-13-25)35(29)26-14-6-3-7-15-26/h2-18,30H,19-20H2,1H3,(H,33,36)/b31-21+. The van der Waals surface area contributed by atoms with Gasteiger partial charge in [-0.25, -0.2) is 5.43 Å². The van der Waals surface area contributed by atoms with Crippen LogP contribution in [0.15, 0.2) is 113 Å². The lowest BCUT2D eigenvalue weighted by Crippen LogP contribution is -2.21. The van der Waals surface area contributed by atoms with Crippen LogP contribution in [0, 0.1) is 0 Å². The number of anilines is 1. The monoisotopic (exact) mass is 506 g/mol. The highest BCUT2D eigenvalue weighted by atomic mass is 32.2. The van der Waals surface area contributed by atoms with Gasteiger partial charge < -0.3 is 5.32 Å². The van der Waals surface area contributed by atoms with E-state index < -0.39 is 0 Å². The first-order valence-electron chi connectivity index (χ1n) is 11.9. The minimum atomic E-state index is -0.211. The number of aromatic nitrogens is 3. The van der Waals surface area contributed by atoms with Crippen LogP contribution in [0.3, 0.4) is 0 Å². The van der Waals surface area contributed by atoms with E-state index in [4.69, 9.17) is 0 Å². The molecule has 184 valence electrons. The summed E-state index contributed by atoms with van der Waals surface area (Å²) >= 11 is 1.32. The van der Waals surface area contributed by atoms with Crippen LogP contribution in [0.4, 0.5) is 5.69 Å². The lowest BCUT2D eigenvalue weighted by atomic mass is 10.0. The van der Waals surface area contributed by atoms with Crippen LogP contribution in [0.1, 0.15) is 18.3 Å². The van der Waals surface area contributed by atoms with Crippen LogP contribution in [0.25, 0.3) is 16.5 Å². The average molecular weight is 507 g/mol. The van der Waals surface area contributed by atoms with Gasteiger partial charge in [-0.2, -0.15) is 5.10 Å². The van der Waals surface area contributed by atoms with Crippen LogP contribution in [0.2, 0.25) is 0 Å². The first-order valence-corrected chi connectivity index (χ1v) is 12.9. The van der Waals surface area contributed by atoms with Gasteiger partial charge in [-0.15, -0.1) is 10.2 Å². The number of amides is 1. The predicted molar refractivity (Wildman–Crippen MR) is 150 cm³/mol. The Labute approximate surface area is 219 Å². The molecule has 0 saturated carbocycles. The summed E-state index contributed by atoms with van der Waals surface area (Å²) in [5.41, 5.74) is 6.31. The maximum Gasteiger partial charge on any atom is 0.250 e. The second-order valence-electron chi connectivity index (χ2n) is 8.37. The van der Waals surface area contributed by atoms with Crippen molar-refractivity contribution < 1.29 is 4.79 Å². The van der Waals surface area contributed by atoms with Crippen LogP contribution < -0.4 is 10.7 Å². The second-order valence-corrected chi connectivity index (χ2v) is 9.31. The number of thioether (sulfide) groups is 1. The Kier molecular flexibility index (Phi) is 7.57. The van der Waals surface area contributed by atoms with Gasteiger partial charge in [-0.05, 0) is 53.6 Å². The molecule has 0 unspecified atom stereocenters. The van der Waals surface area contributed by atoms with Gasteiger partial charge in [0.25, 0.3) is 5.91 Å². The van der Waals surface area contributed by atoms with E-state index in [9.17, 15) is 4.79 Å². The van der Waals surface area contributed by atoms with Crippen molar-refractivity contribution in [2.45, 2.75) is 18.6 Å². The molecule has 0 spiro atoms. The fourth-order valence-corrected chi connectivity index (χ4v) is 4.63. The molecule has 1 heterocycles. The molecule has 0 fully saturated rings. The lowest BCUT2D eigenvalue weighted by Gasteiger charge is -2.11. The zero-order valence-corrected chi connectivity index (χ0v) is 21.2. The molecule has 2 N–H and O–H groups in total. The van der Waals surface area contributed by atoms with Crippen molar-refractivity contribution in [2.24, 2.45) is 5.10 Å². The van der Waals surface area contributed by atoms with E-state index in [0.29, 0.717) is 11.7 Å². The average Bonchev–Trinajstić information content (AvgIpc) is 3.37. The quantitative estimate of drug-likeness (QED) is 0.153. The predicted octanol–water partition coefficient (Wildman–Crippen LogP) is 5.67. The fraction of sp³-hybridized carbons (Fsp3) is 0.103. The maximum absolute atomic E-state index is 12.6. The first kappa shape index (κ1) is 24.3. The molecule has 37 heavy (non-hydrogen) atoms. The zero-order chi connectivity index (χ0) is 25.5. The topological polar surface area (TPSA) is 84.2 Å². The molecular weight excluding hydrogens is 480 g/mol. The van der Waals surface area contributed by atoms with Crippen molar-refractivity contribution in [3.63, 3.8) is 0 Å². The largest absolute Gasteiger partial charge is 0.378 e. The Morgan fingerprint density at radius 3 is 2.35 bits per heavy atom. The third-order valence-corrected chi connectivity index (χ3v) is 6.72. The third-order valence-electron chi connectivity index (χ3n) is 5.79. The van der Waals surface area contributed by atoms with E-state index in [-0.39, 0.29) is 11.7 Å². The zero-order valence-electron chi connectivity index (χ0n) is 20.3. The van der Waals surface area contributed by atoms with Crippen LogP contribution in [-0.4, -0.2) is 32.1 Å². The normalized spacial score (nSPS) is 11.4. The summed E-state index contributed by atoms with van der Waals surface area (Å²) in [5, 5.41) is 19.4. The Hall–Kier alpha value is -4.43. The number of nitrogens with one attached hydrogen (secondary N) is 2. The summed E-state index contributed by atoms with van der Waals surface area (Å²) in [5.74, 6) is 0.700. The molecule has 1 amide bonds. The SMILES string of the molecule is C/C(=N\NC(=O)CSc1nnc(CNc2ccccc2)n1-c1ccccc1)c1ccc2ccccc2c1. The van der Waals surface area contributed by atoms with Crippen LogP contribution in [0.5, 0.6) is 0 Å². The third kappa shape index (κ3) is 6.05. The highest BCUT2D eigenvalue weighted by molar-refractivity contribution is 7.99. The Morgan fingerprint density at radius 2 is 1.57 bits per heavy atom. The molecule has 7 nitrogen and oxygen atoms in total. The molecular formula is C29H26N6OS. The molecule has 0 aliphatic rings. The molecule has 0 radical (unpaired) electrons. The molecule has 4 aromatic carbocycles. The van der Waals surface area contributed by atoms with Gasteiger partial charge in [-0.1, -0.05) is 84.6 Å². The van der Waals surface area contributed by atoms with Crippen LogP contribution in [-0.2, 0) is 11.3 Å². The van der Waals surface area contributed by atoms with E-state index in [0.717, 1.165) is 33.9 Å². The highest BCUT2D eigenvalue weighted by Crippen LogP contribution is 2.23. The summed E-state index contributed by atoms with van der Waals surface area (Å²) in [7, 11) is 0. The fourth-order valence-electron chi connectivity index (χ4n) is 3.87. The smallest absolute Gasteiger partial charge is 0.250 e. The number of benzene rings is 4. The molecule has 0 aliphatic carbocycles. The number of rotatable bonds is 9. The number of hydrazone groups is 1. The second kappa shape index (κ2) is 11.5. The van der Waals surface area contributed by atoms with Crippen molar-refractivity contribution in [2.75, 3.05) is 11.1 Å². The number of nitrogens with zero attached hydrogens (tertiary/aromatic N) is 4. The van der Waals surface area contributed by atoms with Crippen molar-refractivity contribution in [3.05, 3.63) is 115 Å². The minimum absolute atomic E-state index is 0.158. The van der Waals surface area contributed by atoms with Gasteiger partial charge in [0, 0.05) is 11.4 Å². The highest BCUT2D eigenvalue weighted by Gasteiger charge is 2.16. The molecule has 5 aromatic rings. The van der Waals surface area contributed by atoms with Crippen molar-refractivity contribution >= 4 is 39.8 Å². The molecule has 0 saturated heterocycles. The Balaban J connectivity index is 1.26. The molecule has 5 rings (SSSR count). The summed E-state index contributed by atoms with van der Waals surface area (Å²) in [6.07, 6.45) is 0. The van der Waals surface area contributed by atoms with Gasteiger partial charge in [0.2, 0.25) is 0 Å². The van der Waals surface area contributed by atoms with E-state index in [2.05, 4.69) is 50.3 Å². The van der Waals surface area contributed by atoms with E-state index in [1.54, 1.807) is 0 Å². The van der Waals surface area contributed by atoms with E-state index in [1.807, 2.05) is 90.4 Å². The molecule has 0 bridgehead atoms. The molecule has 8 heteroatoms. The number of para-hydroxylation sites is 2. The van der Waals surface area contributed by atoms with Crippen molar-refractivity contribution in [1.29, 1.82) is 0 Å². The lowest BCUT2D eigenvalue weighted by molar-refractivity contribution is -0.118. The van der Waals surface area contributed by atoms with Gasteiger partial charge >= 0.3 is 0 Å². The summed E-state index contributed by atoms with van der Waals surface area (Å²) in [4.78, 5) is 12.6. The van der Waals surface area contributed by atoms with E-state index >= 15 is 0 Å². The number of carbonyl (C=O) groups excluding carboxylic acids is 1. The van der Waals surface area contributed by atoms with E-state index in [1.165, 1.54) is 17.1 Å². The number of carbonyl (C=O) groups is 1. The van der Waals surface area contributed by atoms with Crippen molar-refractivity contribution in [3.8, 4) is 5.69 Å². The summed E-state index contributed by atoms with van der Waals surface area (Å²) < 4.78 is 1.97. The molecule has 0 aliphatic heterocycles.